The van der Waals surface area contributed by atoms with Crippen LogP contribution in [-0.4, -0.2) is 86.9 Å². The van der Waals surface area contributed by atoms with Crippen molar-refractivity contribution in [3.8, 4) is 0 Å². The van der Waals surface area contributed by atoms with Gasteiger partial charge < -0.3 is 14.8 Å². The number of nitrogens with zero attached hydrogens (tertiary/aromatic N) is 2. The van der Waals surface area contributed by atoms with E-state index in [1.807, 2.05) is 20.9 Å². The number of esters is 1. The first-order valence-electron chi connectivity index (χ1n) is 7.99. The number of nitrogens with one attached hydrogen (secondary N) is 1. The third-order valence-corrected chi connectivity index (χ3v) is 4.63. The van der Waals surface area contributed by atoms with Crippen LogP contribution in [0.5, 0.6) is 0 Å². The summed E-state index contributed by atoms with van der Waals surface area (Å²) in [5.41, 5.74) is -0.629. The molecule has 0 bridgehead atoms. The lowest BCUT2D eigenvalue weighted by atomic mass is 10.0. The number of rotatable bonds is 6. The van der Waals surface area contributed by atoms with Crippen molar-refractivity contribution in [1.82, 2.24) is 15.1 Å². The Bertz CT molecular complexity index is 347. The molecule has 122 valence electrons. The molecule has 0 aromatic carbocycles. The van der Waals surface area contributed by atoms with Gasteiger partial charge in [-0.25, -0.2) is 0 Å². The Hall–Kier alpha value is -0.690. The standard InChI is InChI=1S/C15H29N3O3/c1-4-21-14(19)15(2,16-3)12-17-6-5-13(11-17)18-7-9-20-10-8-18/h13,16H,4-12H2,1-3H3. The summed E-state index contributed by atoms with van der Waals surface area (Å²) >= 11 is 0. The van der Waals surface area contributed by atoms with Gasteiger partial charge in [-0.1, -0.05) is 0 Å². The number of hydrogen-bond acceptors (Lipinski definition) is 6. The number of likely N-dealkylation sites (N-methyl/N-ethyl adjacent to an activating group) is 1. The Morgan fingerprint density at radius 3 is 2.71 bits per heavy atom. The lowest BCUT2D eigenvalue weighted by Gasteiger charge is -2.34. The summed E-state index contributed by atoms with van der Waals surface area (Å²) in [5, 5.41) is 3.13. The van der Waals surface area contributed by atoms with Crippen LogP contribution in [0.1, 0.15) is 20.3 Å². The molecule has 2 saturated heterocycles. The van der Waals surface area contributed by atoms with Gasteiger partial charge in [0.1, 0.15) is 5.54 Å². The first-order chi connectivity index (χ1) is 10.1. The van der Waals surface area contributed by atoms with Crippen LogP contribution in [0.4, 0.5) is 0 Å². The Morgan fingerprint density at radius 1 is 1.38 bits per heavy atom. The van der Waals surface area contributed by atoms with Gasteiger partial charge in [0.15, 0.2) is 0 Å². The maximum Gasteiger partial charge on any atom is 0.327 e. The number of likely N-dealkylation sites (tertiary alicyclic amines) is 1. The smallest absolute Gasteiger partial charge is 0.327 e. The van der Waals surface area contributed by atoms with Gasteiger partial charge in [-0.15, -0.1) is 0 Å². The highest BCUT2D eigenvalue weighted by Gasteiger charge is 2.38. The summed E-state index contributed by atoms with van der Waals surface area (Å²) in [4.78, 5) is 17.0. The average molecular weight is 299 g/mol. The Labute approximate surface area is 127 Å². The van der Waals surface area contributed by atoms with E-state index in [1.54, 1.807) is 0 Å². The molecule has 2 fully saturated rings. The van der Waals surface area contributed by atoms with Crippen molar-refractivity contribution < 1.29 is 14.3 Å². The summed E-state index contributed by atoms with van der Waals surface area (Å²) in [7, 11) is 1.83. The number of carbonyl (C=O) groups is 1. The fraction of sp³-hybridized carbons (Fsp3) is 0.933. The zero-order valence-electron chi connectivity index (χ0n) is 13.6. The summed E-state index contributed by atoms with van der Waals surface area (Å²) < 4.78 is 10.6. The fourth-order valence-corrected chi connectivity index (χ4v) is 3.18. The molecule has 6 heteroatoms. The number of carbonyl (C=O) groups excluding carboxylic acids is 1. The molecule has 2 aliphatic rings. The zero-order chi connectivity index (χ0) is 15.3. The highest BCUT2D eigenvalue weighted by Crippen LogP contribution is 2.19. The van der Waals surface area contributed by atoms with E-state index < -0.39 is 5.54 Å². The molecule has 0 spiro atoms. The van der Waals surface area contributed by atoms with Gasteiger partial charge in [0.05, 0.1) is 19.8 Å². The van der Waals surface area contributed by atoms with Crippen molar-refractivity contribution in [2.24, 2.45) is 0 Å². The fourth-order valence-electron chi connectivity index (χ4n) is 3.18. The lowest BCUT2D eigenvalue weighted by Crippen LogP contribution is -2.56. The van der Waals surface area contributed by atoms with Crippen LogP contribution in [0.15, 0.2) is 0 Å². The van der Waals surface area contributed by atoms with Gasteiger partial charge >= 0.3 is 5.97 Å². The van der Waals surface area contributed by atoms with Crippen molar-refractivity contribution in [3.63, 3.8) is 0 Å². The molecular formula is C15H29N3O3. The van der Waals surface area contributed by atoms with Crippen LogP contribution in [0.3, 0.4) is 0 Å². The van der Waals surface area contributed by atoms with Crippen molar-refractivity contribution in [2.75, 3.05) is 59.6 Å². The number of ether oxygens (including phenoxy) is 2. The number of morpholine rings is 1. The second-order valence-electron chi connectivity index (χ2n) is 6.13. The van der Waals surface area contributed by atoms with Gasteiger partial charge in [0.2, 0.25) is 0 Å². The molecular weight excluding hydrogens is 270 g/mol. The van der Waals surface area contributed by atoms with Crippen molar-refractivity contribution in [1.29, 1.82) is 0 Å². The Balaban J connectivity index is 1.86. The molecule has 0 aromatic rings. The maximum atomic E-state index is 12.1. The summed E-state index contributed by atoms with van der Waals surface area (Å²) in [6.45, 7) is 10.7. The molecule has 0 radical (unpaired) electrons. The molecule has 0 aliphatic carbocycles. The molecule has 2 aliphatic heterocycles. The topological polar surface area (TPSA) is 54.0 Å². The monoisotopic (exact) mass is 299 g/mol. The van der Waals surface area contributed by atoms with Crippen LogP contribution >= 0.6 is 0 Å². The van der Waals surface area contributed by atoms with E-state index in [-0.39, 0.29) is 5.97 Å². The van der Waals surface area contributed by atoms with Crippen LogP contribution < -0.4 is 5.32 Å². The summed E-state index contributed by atoms with van der Waals surface area (Å²) in [6.07, 6.45) is 1.17. The van der Waals surface area contributed by atoms with E-state index >= 15 is 0 Å². The molecule has 1 N–H and O–H groups in total. The van der Waals surface area contributed by atoms with E-state index in [4.69, 9.17) is 9.47 Å². The molecule has 6 nitrogen and oxygen atoms in total. The van der Waals surface area contributed by atoms with Gasteiger partial charge in [-0.2, -0.15) is 0 Å². The van der Waals surface area contributed by atoms with Crippen LogP contribution in [0.25, 0.3) is 0 Å². The lowest BCUT2D eigenvalue weighted by molar-refractivity contribution is -0.151. The zero-order valence-corrected chi connectivity index (χ0v) is 13.6. The quantitative estimate of drug-likeness (QED) is 0.693. The molecule has 0 amide bonds. The van der Waals surface area contributed by atoms with Gasteiger partial charge in [-0.05, 0) is 33.9 Å². The highest BCUT2D eigenvalue weighted by atomic mass is 16.5. The van der Waals surface area contributed by atoms with Gasteiger partial charge in [0, 0.05) is 32.2 Å². The van der Waals surface area contributed by atoms with Gasteiger partial charge in [0.25, 0.3) is 0 Å². The summed E-state index contributed by atoms with van der Waals surface area (Å²) in [5.74, 6) is -0.165. The molecule has 0 saturated carbocycles. The van der Waals surface area contributed by atoms with E-state index in [9.17, 15) is 4.79 Å². The molecule has 2 unspecified atom stereocenters. The highest BCUT2D eigenvalue weighted by molar-refractivity contribution is 5.80. The summed E-state index contributed by atoms with van der Waals surface area (Å²) in [6, 6.07) is 0.595. The minimum absolute atomic E-state index is 0.165. The molecule has 21 heavy (non-hydrogen) atoms. The van der Waals surface area contributed by atoms with E-state index in [2.05, 4.69) is 15.1 Å². The maximum absolute atomic E-state index is 12.1. The predicted octanol–water partition coefficient (Wildman–Crippen LogP) is -0.0659. The Morgan fingerprint density at radius 2 is 2.10 bits per heavy atom. The largest absolute Gasteiger partial charge is 0.465 e. The second kappa shape index (κ2) is 7.54. The molecule has 2 atom stereocenters. The average Bonchev–Trinajstić information content (AvgIpc) is 2.96. The third-order valence-electron chi connectivity index (χ3n) is 4.63. The van der Waals surface area contributed by atoms with E-state index in [0.29, 0.717) is 19.2 Å². The van der Waals surface area contributed by atoms with Crippen LogP contribution in [-0.2, 0) is 14.3 Å². The normalized spacial score (nSPS) is 27.5. The predicted molar refractivity (Wildman–Crippen MR) is 81.3 cm³/mol. The minimum Gasteiger partial charge on any atom is -0.465 e. The first kappa shape index (κ1) is 16.7. The van der Waals surface area contributed by atoms with Crippen LogP contribution in [0.2, 0.25) is 0 Å². The number of hydrogen-bond donors (Lipinski definition) is 1. The molecule has 2 rings (SSSR count). The molecule has 0 aromatic heterocycles. The SMILES string of the molecule is CCOC(=O)C(C)(CN1CCC(N2CCOCC2)C1)NC. The second-order valence-corrected chi connectivity index (χ2v) is 6.13. The van der Waals surface area contributed by atoms with Gasteiger partial charge in [-0.3, -0.25) is 14.6 Å². The molecule has 2 heterocycles. The van der Waals surface area contributed by atoms with Crippen molar-refractivity contribution in [3.05, 3.63) is 0 Å². The first-order valence-corrected chi connectivity index (χ1v) is 7.99. The Kier molecular flexibility index (Phi) is 5.98. The van der Waals surface area contributed by atoms with E-state index in [0.717, 1.165) is 39.4 Å². The minimum atomic E-state index is -0.629. The van der Waals surface area contributed by atoms with Crippen molar-refractivity contribution >= 4 is 5.97 Å². The third kappa shape index (κ3) is 4.16. The van der Waals surface area contributed by atoms with E-state index in [1.165, 1.54) is 6.42 Å². The van der Waals surface area contributed by atoms with Crippen molar-refractivity contribution in [2.45, 2.75) is 31.8 Å². The van der Waals surface area contributed by atoms with Crippen LogP contribution in [0, 0.1) is 0 Å².